The Morgan fingerprint density at radius 1 is 0.378 bits per heavy atom. The highest BCUT2D eigenvalue weighted by Gasteiger charge is 2.24. The van der Waals surface area contributed by atoms with E-state index >= 15 is 0 Å². The molecule has 8 nitrogen and oxygen atoms in total. The minimum atomic E-state index is 0.0397. The van der Waals surface area contributed by atoms with Gasteiger partial charge in [-0.25, -0.2) is 15.0 Å². The quantitative estimate of drug-likeness (QED) is 0.136. The Hall–Kier alpha value is -7.62. The highest BCUT2D eigenvalue weighted by Crippen LogP contribution is 2.40. The monoisotopic (exact) mass is 1260 g/mol. The average molecular weight is 1260 g/mol. The first-order valence-electron chi connectivity index (χ1n) is 31.2. The number of halogens is 1. The van der Waals surface area contributed by atoms with Gasteiger partial charge in [0.1, 0.15) is 27.7 Å². The number of aromatic nitrogens is 6. The Morgan fingerprint density at radius 2 is 0.767 bits per heavy atom. The molecule has 6 heterocycles. The fraction of sp³-hybridized carbons (Fsp3) is 0.354. The molecule has 0 unspecified atom stereocenters. The zero-order valence-corrected chi connectivity index (χ0v) is 59.3. The molecule has 90 heavy (non-hydrogen) atoms. The van der Waals surface area contributed by atoms with Crippen molar-refractivity contribution in [3.8, 4) is 23.1 Å². The normalized spacial score (nSPS) is 12.1. The van der Waals surface area contributed by atoms with Gasteiger partial charge in [0, 0.05) is 68.6 Å². The molecule has 6 aromatic carbocycles. The van der Waals surface area contributed by atoms with Gasteiger partial charge >= 0.3 is 0 Å². The summed E-state index contributed by atoms with van der Waals surface area (Å²) in [5, 5.41) is 17.6. The van der Waals surface area contributed by atoms with Gasteiger partial charge in [-0.1, -0.05) is 169 Å². The lowest BCUT2D eigenvalue weighted by atomic mass is 9.86. The lowest BCUT2D eigenvalue weighted by molar-refractivity contribution is 0.415. The van der Waals surface area contributed by atoms with Crippen molar-refractivity contribution in [3.63, 3.8) is 0 Å². The van der Waals surface area contributed by atoms with Crippen LogP contribution in [0.2, 0.25) is 13.6 Å². The number of aryl methyl sites for hydroxylation is 1. The zero-order valence-electron chi connectivity index (χ0n) is 57.7. The van der Waals surface area contributed by atoms with Crippen molar-refractivity contribution >= 4 is 97.0 Å². The first kappa shape index (κ1) is 69.8. The minimum absolute atomic E-state index is 0.0397. The van der Waals surface area contributed by atoms with Crippen LogP contribution in [0.3, 0.4) is 0 Å². The van der Waals surface area contributed by atoms with E-state index < -0.39 is 0 Å². The number of nitrogens with zero attached hydrogens (tertiary/aromatic N) is 5. The van der Waals surface area contributed by atoms with E-state index in [9.17, 15) is 5.11 Å². The summed E-state index contributed by atoms with van der Waals surface area (Å²) in [5.74, 6) is 3.01. The van der Waals surface area contributed by atoms with Gasteiger partial charge in [0.25, 0.3) is 0 Å². The summed E-state index contributed by atoms with van der Waals surface area (Å²) < 4.78 is 10.7. The topological polar surface area (TPSA) is 93.8 Å². The number of aromatic amines is 1. The van der Waals surface area contributed by atoms with E-state index in [0.29, 0.717) is 0 Å². The van der Waals surface area contributed by atoms with Gasteiger partial charge in [-0.15, -0.1) is 0 Å². The van der Waals surface area contributed by atoms with Gasteiger partial charge in [-0.05, 0) is 197 Å². The third kappa shape index (κ3) is 15.9. The van der Waals surface area contributed by atoms with Crippen LogP contribution in [-0.4, -0.2) is 57.0 Å². The largest absolute Gasteiger partial charge is 0.508 e. The second kappa shape index (κ2) is 27.5. The van der Waals surface area contributed by atoms with Gasteiger partial charge in [0.05, 0.1) is 50.4 Å². The number of ether oxygens (including phenoxy) is 1. The molecule has 0 atom stereocenters. The summed E-state index contributed by atoms with van der Waals surface area (Å²) in [6.45, 7) is 45.3. The van der Waals surface area contributed by atoms with Gasteiger partial charge in [-0.2, -0.15) is 0 Å². The van der Waals surface area contributed by atoms with Crippen LogP contribution in [0, 0.1) is 6.92 Å². The summed E-state index contributed by atoms with van der Waals surface area (Å²) in [5.41, 5.74) is 16.6. The van der Waals surface area contributed by atoms with Crippen LogP contribution >= 0.6 is 15.9 Å². The fourth-order valence-electron chi connectivity index (χ4n) is 10.9. The molecule has 0 aliphatic heterocycles. The molecular weight excluding hydrogens is 1170 g/mol. The first-order chi connectivity index (χ1) is 42.1. The molecule has 6 aromatic heterocycles. The number of benzene rings is 6. The molecule has 0 aliphatic rings. The number of fused-ring (bicyclic) bond motifs is 9. The van der Waals surface area contributed by atoms with E-state index in [4.69, 9.17) is 9.72 Å². The maximum atomic E-state index is 10.2. The predicted molar refractivity (Wildman–Crippen MR) is 393 cm³/mol. The highest BCUT2D eigenvalue weighted by molar-refractivity contribution is 9.10. The lowest BCUT2D eigenvalue weighted by Crippen LogP contribution is -2.12. The smallest absolute Gasteiger partial charge is 0.137 e. The number of nitrogens with one attached hydrogen (secondary N) is 1. The van der Waals surface area contributed by atoms with Crippen molar-refractivity contribution < 1.29 is 9.84 Å². The molecule has 0 saturated carbocycles. The lowest BCUT2D eigenvalue weighted by Gasteiger charge is -2.20. The van der Waals surface area contributed by atoms with E-state index in [2.05, 4.69) is 296 Å². The predicted octanol–water partition coefficient (Wildman–Crippen LogP) is 21.7. The molecule has 0 saturated heterocycles. The minimum Gasteiger partial charge on any atom is -0.508 e. The molecule has 4 radical (unpaired) electrons. The number of rotatable bonds is 3. The van der Waals surface area contributed by atoms with E-state index in [0.717, 1.165) is 43.9 Å². The number of phenolic OH excluding ortho intramolecular Hbond substituents is 1. The Morgan fingerprint density at radius 3 is 1.20 bits per heavy atom. The van der Waals surface area contributed by atoms with Crippen LogP contribution in [0.5, 0.6) is 11.5 Å². The van der Waals surface area contributed by atoms with Crippen molar-refractivity contribution in [2.45, 2.75) is 178 Å². The Balaban J connectivity index is 0.000000175. The zero-order chi connectivity index (χ0) is 66.6. The van der Waals surface area contributed by atoms with Crippen LogP contribution < -0.4 is 4.74 Å². The van der Waals surface area contributed by atoms with Crippen LogP contribution in [0.4, 0.5) is 0 Å². The summed E-state index contributed by atoms with van der Waals surface area (Å²) in [6, 6.07) is 51.4. The molecule has 0 bridgehead atoms. The van der Waals surface area contributed by atoms with E-state index in [1.54, 1.807) is 13.2 Å². The average Bonchev–Trinajstić information content (AvgIpc) is 1.72. The maximum Gasteiger partial charge on any atom is 0.137 e. The van der Waals surface area contributed by atoms with Crippen molar-refractivity contribution in [2.24, 2.45) is 0 Å². The third-order valence-electron chi connectivity index (χ3n) is 16.3. The van der Waals surface area contributed by atoms with Gasteiger partial charge in [-0.3, -0.25) is 9.13 Å². The molecule has 12 rings (SSSR count). The molecule has 0 fully saturated rings. The van der Waals surface area contributed by atoms with Crippen molar-refractivity contribution in [1.29, 1.82) is 0 Å². The first-order valence-corrected chi connectivity index (χ1v) is 32.0. The molecule has 0 amide bonds. The summed E-state index contributed by atoms with van der Waals surface area (Å²) in [7, 11) is 10.7. The molecule has 11 heteroatoms. The second-order valence-corrected chi connectivity index (χ2v) is 30.1. The molecule has 2 N–H and O–H groups in total. The van der Waals surface area contributed by atoms with Gasteiger partial charge in [0.15, 0.2) is 0 Å². The van der Waals surface area contributed by atoms with E-state index in [1.807, 2.05) is 48.9 Å². The molecule has 466 valence electrons. The number of hydrogen-bond acceptors (Lipinski definition) is 5. The fourth-order valence-corrected chi connectivity index (χ4v) is 11.3. The Kier molecular flexibility index (Phi) is 21.3. The number of pyridine rings is 3. The SMILES string of the molecule is CC(C)(C)c1ccnc(-n2c3ccc(C(C)(C)C)cc3c3ccc(O)cc32)c1.CC(C)(C)c1ccnc(Br)c1.COc1ccc2c(c1)[nH]c1ccc(C(C)(C)C)cc12.Cc1ccc2c3cc(C(C)(C)C)ccc3n(-c3cc(C(C)(C)C)ccn3)c2c1.[B]C.[B]C. The van der Waals surface area contributed by atoms with Crippen LogP contribution in [0.15, 0.2) is 169 Å². The van der Waals surface area contributed by atoms with Crippen molar-refractivity contribution in [2.75, 3.05) is 7.11 Å². The van der Waals surface area contributed by atoms with Crippen molar-refractivity contribution in [3.05, 3.63) is 208 Å². The molecule has 12 aromatic rings. The van der Waals surface area contributed by atoms with Crippen LogP contribution in [0.25, 0.3) is 77.1 Å². The maximum absolute atomic E-state index is 10.2. The summed E-state index contributed by atoms with van der Waals surface area (Å²) >= 11 is 3.34. The highest BCUT2D eigenvalue weighted by atomic mass is 79.9. The number of hydrogen-bond donors (Lipinski definition) is 2. The number of H-pyrrole nitrogens is 1. The third-order valence-corrected chi connectivity index (χ3v) is 16.8. The molecule has 0 aliphatic carbocycles. The molecular formula is C79H95B2BrN6O2. The van der Waals surface area contributed by atoms with Crippen LogP contribution in [-0.2, 0) is 32.5 Å². The standard InChI is InChI=1S/C26H30N2.C25H28N2O.C17H19NO.C9H12BrN.2CH3B/c1-17-8-10-20-21-15-18(25(2,3)4)9-11-22(21)28(23(20)14-17)24-16-19(12-13-27-24)26(5,6)7;1-24(2,3)16-7-10-21-20(13-16)19-9-8-18(28)15-22(19)27(21)23-14-17(11-12-26-23)25(4,5)6;1-17(2,3)11-5-8-15-14(9-11)13-7-6-12(19-4)10-16(13)18-15;1-9(2,3)7-4-5-11-8(10)6-7;2*1-2/h8-16H,1-7H3;7-15,28H,1-6H3;5-10,18H,1-4H3;4-6H,1-3H3;2*1H3. The number of phenols is 1. The van der Waals surface area contributed by atoms with E-state index in [1.165, 1.54) is 96.1 Å². The van der Waals surface area contributed by atoms with Crippen LogP contribution in [0.1, 0.15) is 164 Å². The van der Waals surface area contributed by atoms with E-state index in [-0.39, 0.29) is 38.2 Å². The molecule has 0 spiro atoms. The Bertz CT molecular complexity index is 4260. The van der Waals surface area contributed by atoms with Crippen molar-refractivity contribution in [1.82, 2.24) is 29.1 Å². The van der Waals surface area contributed by atoms with Gasteiger partial charge < -0.3 is 14.8 Å². The Labute approximate surface area is 548 Å². The number of methoxy groups -OCH3 is 1. The number of aromatic hydroxyl groups is 1. The summed E-state index contributed by atoms with van der Waals surface area (Å²) in [6.07, 6.45) is 5.64. The second-order valence-electron chi connectivity index (χ2n) is 29.3. The summed E-state index contributed by atoms with van der Waals surface area (Å²) in [4.78, 5) is 17.0. The van der Waals surface area contributed by atoms with Gasteiger partial charge in [0.2, 0.25) is 0 Å².